The lowest BCUT2D eigenvalue weighted by Crippen LogP contribution is -2.45. The molecule has 2 N–H and O–H groups in total. The zero-order chi connectivity index (χ0) is 20.0. The van der Waals surface area contributed by atoms with Gasteiger partial charge in [-0.3, -0.25) is 4.79 Å². The molecule has 0 spiro atoms. The molecule has 1 saturated heterocycles. The summed E-state index contributed by atoms with van der Waals surface area (Å²) in [5.41, 5.74) is 4.33. The number of methoxy groups -OCH3 is 1. The van der Waals surface area contributed by atoms with Crippen molar-refractivity contribution in [3.63, 3.8) is 0 Å². The molecule has 2 aromatic carbocycles. The third kappa shape index (κ3) is 2.99. The molecule has 0 radical (unpaired) electrons. The van der Waals surface area contributed by atoms with Gasteiger partial charge in [0.15, 0.2) is 0 Å². The molecule has 5 rings (SSSR count). The van der Waals surface area contributed by atoms with Gasteiger partial charge in [-0.2, -0.15) is 0 Å². The Morgan fingerprint density at radius 2 is 2.03 bits per heavy atom. The molecule has 1 aliphatic carbocycles. The van der Waals surface area contributed by atoms with Gasteiger partial charge in [-0.15, -0.1) is 0 Å². The van der Waals surface area contributed by atoms with Gasteiger partial charge in [0.05, 0.1) is 25.8 Å². The van der Waals surface area contributed by atoms with Crippen LogP contribution in [-0.2, 0) is 4.79 Å². The molecule has 2 aromatic rings. The predicted octanol–water partition coefficient (Wildman–Crippen LogP) is 3.84. The van der Waals surface area contributed by atoms with Crippen LogP contribution in [0, 0.1) is 11.8 Å². The number of fused-ring (bicyclic) bond motifs is 3. The first-order chi connectivity index (χ1) is 14.2. The van der Waals surface area contributed by atoms with E-state index < -0.39 is 0 Å². The van der Waals surface area contributed by atoms with E-state index in [4.69, 9.17) is 4.74 Å². The van der Waals surface area contributed by atoms with Gasteiger partial charge in [0.1, 0.15) is 5.75 Å². The molecule has 0 unspecified atom stereocenters. The van der Waals surface area contributed by atoms with Crippen molar-refractivity contribution in [2.45, 2.75) is 37.8 Å². The number of likely N-dealkylation sites (tertiary alicyclic amines) is 1. The summed E-state index contributed by atoms with van der Waals surface area (Å²) in [6.45, 7) is 0.863. The van der Waals surface area contributed by atoms with Gasteiger partial charge in [-0.1, -0.05) is 30.7 Å². The van der Waals surface area contributed by atoms with Crippen molar-refractivity contribution in [2.75, 3.05) is 25.6 Å². The summed E-state index contributed by atoms with van der Waals surface area (Å²) in [5, 5.41) is 13.5. The number of aliphatic hydroxyl groups excluding tert-OH is 1. The Labute approximate surface area is 171 Å². The summed E-state index contributed by atoms with van der Waals surface area (Å²) in [7, 11) is 1.69. The lowest BCUT2D eigenvalue weighted by Gasteiger charge is -2.41. The maximum absolute atomic E-state index is 13.2. The van der Waals surface area contributed by atoms with Crippen LogP contribution in [0.5, 0.6) is 5.75 Å². The number of hydrogen-bond acceptors (Lipinski definition) is 4. The Morgan fingerprint density at radius 1 is 1.21 bits per heavy atom. The summed E-state index contributed by atoms with van der Waals surface area (Å²) < 4.78 is 5.56. The normalized spacial score (nSPS) is 25.6. The highest BCUT2D eigenvalue weighted by atomic mass is 16.5. The fraction of sp³-hybridized carbons (Fsp3) is 0.458. The average Bonchev–Trinajstić information content (AvgIpc) is 3.17. The number of carbonyl (C=O) groups is 1. The third-order valence-corrected chi connectivity index (χ3v) is 7.02. The number of rotatable bonds is 4. The molecule has 29 heavy (non-hydrogen) atoms. The lowest BCUT2D eigenvalue weighted by molar-refractivity contribution is -0.139. The lowest BCUT2D eigenvalue weighted by atomic mass is 9.80. The van der Waals surface area contributed by atoms with Crippen LogP contribution in [0.4, 0.5) is 5.69 Å². The Kier molecular flexibility index (Phi) is 4.70. The number of nitrogens with one attached hydrogen (secondary N) is 1. The van der Waals surface area contributed by atoms with Gasteiger partial charge in [-0.05, 0) is 48.6 Å². The smallest absolute Gasteiger partial charge is 0.226 e. The van der Waals surface area contributed by atoms with Gasteiger partial charge in [-0.25, -0.2) is 0 Å². The minimum absolute atomic E-state index is 0.0104. The van der Waals surface area contributed by atoms with Crippen molar-refractivity contribution in [3.05, 3.63) is 48.0 Å². The molecule has 1 amide bonds. The summed E-state index contributed by atoms with van der Waals surface area (Å²) in [4.78, 5) is 15.3. The molecule has 0 aromatic heterocycles. The summed E-state index contributed by atoms with van der Waals surface area (Å²) >= 11 is 0. The number of amides is 1. The van der Waals surface area contributed by atoms with E-state index in [9.17, 15) is 9.90 Å². The van der Waals surface area contributed by atoms with Crippen LogP contribution in [0.3, 0.4) is 0 Å². The standard InChI is InChI=1S/C24H28N2O3/c1-29-22-8-3-2-7-17(22)16-9-10-20-19(13-16)23-18(21(14-27)25-20)11-12-26(23)24(28)15-5-4-6-15/h2-3,7-10,13,15,18,21,23,25,27H,4-6,11-12,14H2,1H3/t18-,21+,23-/m1/s1. The van der Waals surface area contributed by atoms with Crippen LogP contribution >= 0.6 is 0 Å². The van der Waals surface area contributed by atoms with E-state index in [1.165, 1.54) is 0 Å². The number of hydrogen-bond donors (Lipinski definition) is 2. The van der Waals surface area contributed by atoms with Crippen LogP contribution in [0.1, 0.15) is 37.3 Å². The quantitative estimate of drug-likeness (QED) is 0.830. The summed E-state index contributed by atoms with van der Waals surface area (Å²) in [6.07, 6.45) is 4.12. The number of ether oxygens (including phenoxy) is 1. The predicted molar refractivity (Wildman–Crippen MR) is 113 cm³/mol. The molecular weight excluding hydrogens is 364 g/mol. The van der Waals surface area contributed by atoms with E-state index in [1.807, 2.05) is 18.2 Å². The first kappa shape index (κ1) is 18.5. The molecule has 5 nitrogen and oxygen atoms in total. The zero-order valence-corrected chi connectivity index (χ0v) is 16.8. The highest BCUT2D eigenvalue weighted by Crippen LogP contribution is 2.49. The van der Waals surface area contributed by atoms with Gasteiger partial charge in [0.2, 0.25) is 5.91 Å². The van der Waals surface area contributed by atoms with Crippen molar-refractivity contribution >= 4 is 11.6 Å². The van der Waals surface area contributed by atoms with Crippen LogP contribution < -0.4 is 10.1 Å². The van der Waals surface area contributed by atoms with Crippen molar-refractivity contribution in [3.8, 4) is 16.9 Å². The van der Waals surface area contributed by atoms with E-state index in [-0.39, 0.29) is 30.5 Å². The SMILES string of the molecule is COc1ccccc1-c1ccc2c(c1)[C@H]1[C@H](CCN1C(=O)C1CCC1)[C@H](CO)N2. The summed E-state index contributed by atoms with van der Waals surface area (Å²) in [5.74, 6) is 1.58. The van der Waals surface area contributed by atoms with E-state index in [0.717, 1.165) is 60.4 Å². The van der Waals surface area contributed by atoms with Crippen LogP contribution in [0.15, 0.2) is 42.5 Å². The molecule has 2 aliphatic heterocycles. The molecule has 2 fully saturated rings. The molecule has 3 aliphatic rings. The third-order valence-electron chi connectivity index (χ3n) is 7.02. The maximum atomic E-state index is 13.2. The second-order valence-corrected chi connectivity index (χ2v) is 8.49. The highest BCUT2D eigenvalue weighted by molar-refractivity contribution is 5.82. The first-order valence-electron chi connectivity index (χ1n) is 10.7. The summed E-state index contributed by atoms with van der Waals surface area (Å²) in [6, 6.07) is 14.4. The monoisotopic (exact) mass is 392 g/mol. The minimum Gasteiger partial charge on any atom is -0.496 e. The van der Waals surface area contributed by atoms with E-state index >= 15 is 0 Å². The largest absolute Gasteiger partial charge is 0.496 e. The van der Waals surface area contributed by atoms with E-state index in [1.54, 1.807) is 7.11 Å². The van der Waals surface area contributed by atoms with Gasteiger partial charge < -0.3 is 20.1 Å². The molecular formula is C24H28N2O3. The zero-order valence-electron chi connectivity index (χ0n) is 16.8. The van der Waals surface area contributed by atoms with Gasteiger partial charge >= 0.3 is 0 Å². The van der Waals surface area contributed by atoms with Crippen molar-refractivity contribution in [1.29, 1.82) is 0 Å². The molecule has 2 heterocycles. The Bertz CT molecular complexity index is 924. The van der Waals surface area contributed by atoms with Crippen LogP contribution in [0.25, 0.3) is 11.1 Å². The Morgan fingerprint density at radius 3 is 2.76 bits per heavy atom. The van der Waals surface area contributed by atoms with Crippen molar-refractivity contribution in [2.24, 2.45) is 11.8 Å². The fourth-order valence-electron chi connectivity index (χ4n) is 5.25. The van der Waals surface area contributed by atoms with Gasteiger partial charge in [0.25, 0.3) is 0 Å². The van der Waals surface area contributed by atoms with Crippen molar-refractivity contribution in [1.82, 2.24) is 4.90 Å². The number of benzene rings is 2. The number of anilines is 1. The van der Waals surface area contributed by atoms with Crippen LogP contribution in [-0.4, -0.2) is 42.2 Å². The fourth-order valence-corrected chi connectivity index (χ4v) is 5.25. The topological polar surface area (TPSA) is 61.8 Å². The van der Waals surface area contributed by atoms with E-state index in [2.05, 4.69) is 34.5 Å². The number of para-hydroxylation sites is 1. The molecule has 0 bridgehead atoms. The molecule has 152 valence electrons. The first-order valence-corrected chi connectivity index (χ1v) is 10.7. The number of nitrogens with zero attached hydrogens (tertiary/aromatic N) is 1. The highest BCUT2D eigenvalue weighted by Gasteiger charge is 2.47. The average molecular weight is 392 g/mol. The molecule has 1 saturated carbocycles. The Hall–Kier alpha value is -2.53. The van der Waals surface area contributed by atoms with E-state index in [0.29, 0.717) is 5.91 Å². The van der Waals surface area contributed by atoms with Crippen molar-refractivity contribution < 1.29 is 14.6 Å². The van der Waals surface area contributed by atoms with Gasteiger partial charge in [0, 0.05) is 29.6 Å². The minimum atomic E-state index is -0.0104. The number of aliphatic hydroxyl groups is 1. The molecule has 3 atom stereocenters. The molecule has 5 heteroatoms. The van der Waals surface area contributed by atoms with Crippen LogP contribution in [0.2, 0.25) is 0 Å². The Balaban J connectivity index is 1.57. The second-order valence-electron chi connectivity index (χ2n) is 8.49. The maximum Gasteiger partial charge on any atom is 0.226 e. The second kappa shape index (κ2) is 7.38. The number of carbonyl (C=O) groups excluding carboxylic acids is 1.